The minimum atomic E-state index is 0.0112. The highest BCUT2D eigenvalue weighted by molar-refractivity contribution is 5.94. The van der Waals surface area contributed by atoms with Crippen LogP contribution in [0.5, 0.6) is 0 Å². The van der Waals surface area contributed by atoms with Gasteiger partial charge in [0, 0.05) is 31.2 Å². The van der Waals surface area contributed by atoms with Crippen molar-refractivity contribution in [2.45, 2.75) is 57.9 Å². The van der Waals surface area contributed by atoms with Crippen molar-refractivity contribution in [3.8, 4) is 5.69 Å². The number of nitrogens with one attached hydrogen (secondary N) is 1. The Labute approximate surface area is 166 Å². The molecule has 150 valence electrons. The third-order valence-electron chi connectivity index (χ3n) is 6.22. The number of likely N-dealkylation sites (tertiary alicyclic amines) is 1. The number of carbonyl (C=O) groups excluding carboxylic acids is 1. The Morgan fingerprint density at radius 1 is 1.14 bits per heavy atom. The van der Waals surface area contributed by atoms with Crippen molar-refractivity contribution >= 4 is 5.91 Å². The number of piperidine rings is 1. The summed E-state index contributed by atoms with van der Waals surface area (Å²) in [6.07, 6.45) is 10.7. The minimum absolute atomic E-state index is 0.0112. The largest absolute Gasteiger partial charge is 0.349 e. The maximum absolute atomic E-state index is 12.7. The molecule has 4 rings (SSSR count). The number of carbonyl (C=O) groups is 1. The third-order valence-corrected chi connectivity index (χ3v) is 6.22. The molecule has 1 N–H and O–H groups in total. The molecule has 0 atom stereocenters. The molecule has 1 aliphatic heterocycles. The molecule has 2 aromatic rings. The van der Waals surface area contributed by atoms with E-state index < -0.39 is 0 Å². The highest BCUT2D eigenvalue weighted by Gasteiger charge is 2.24. The lowest BCUT2D eigenvalue weighted by Crippen LogP contribution is -2.46. The van der Waals surface area contributed by atoms with Gasteiger partial charge in [-0.25, -0.2) is 4.68 Å². The van der Waals surface area contributed by atoms with Gasteiger partial charge in [-0.05, 0) is 72.7 Å². The van der Waals surface area contributed by atoms with Crippen LogP contribution in [0.4, 0.5) is 0 Å². The van der Waals surface area contributed by atoms with Crippen LogP contribution < -0.4 is 5.32 Å². The molecule has 0 spiro atoms. The smallest absolute Gasteiger partial charge is 0.251 e. The van der Waals surface area contributed by atoms with Gasteiger partial charge in [0.05, 0.1) is 5.69 Å². The van der Waals surface area contributed by atoms with Gasteiger partial charge in [-0.1, -0.05) is 19.3 Å². The van der Waals surface area contributed by atoms with E-state index in [1.807, 2.05) is 25.1 Å². The second kappa shape index (κ2) is 8.82. The van der Waals surface area contributed by atoms with Crippen molar-refractivity contribution in [1.29, 1.82) is 0 Å². The average Bonchev–Trinajstić information content (AvgIpc) is 3.25. The number of amides is 1. The monoisotopic (exact) mass is 382 g/mol. The molecule has 28 heavy (non-hydrogen) atoms. The second-order valence-corrected chi connectivity index (χ2v) is 8.31. The lowest BCUT2D eigenvalue weighted by molar-refractivity contribution is 0.0901. The maximum atomic E-state index is 12.7. The highest BCUT2D eigenvalue weighted by atomic mass is 16.1. The maximum Gasteiger partial charge on any atom is 0.251 e. The van der Waals surface area contributed by atoms with Crippen molar-refractivity contribution in [3.05, 3.63) is 35.7 Å². The molecule has 1 amide bonds. The van der Waals surface area contributed by atoms with E-state index in [1.54, 1.807) is 11.0 Å². The number of aromatic nitrogens is 4. The van der Waals surface area contributed by atoms with Crippen LogP contribution in [-0.4, -0.2) is 56.7 Å². The zero-order chi connectivity index (χ0) is 19.3. The van der Waals surface area contributed by atoms with Crippen LogP contribution in [0.15, 0.2) is 24.5 Å². The van der Waals surface area contributed by atoms with Gasteiger partial charge in [0.15, 0.2) is 0 Å². The predicted octanol–water partition coefficient (Wildman–Crippen LogP) is 2.75. The first kappa shape index (κ1) is 19.1. The van der Waals surface area contributed by atoms with Crippen LogP contribution in [0.2, 0.25) is 0 Å². The molecule has 1 aromatic heterocycles. The summed E-state index contributed by atoms with van der Waals surface area (Å²) in [5.41, 5.74) is 2.55. The summed E-state index contributed by atoms with van der Waals surface area (Å²) in [5.74, 6) is 0.902. The van der Waals surface area contributed by atoms with Gasteiger partial charge in [0.2, 0.25) is 0 Å². The summed E-state index contributed by atoms with van der Waals surface area (Å²) in [4.78, 5) is 15.3. The number of benzene rings is 1. The molecule has 2 heterocycles. The summed E-state index contributed by atoms with van der Waals surface area (Å²) in [6.45, 7) is 5.41. The summed E-state index contributed by atoms with van der Waals surface area (Å²) in [6, 6.07) is 5.92. The molecule has 1 aliphatic carbocycles. The van der Waals surface area contributed by atoms with Gasteiger partial charge < -0.3 is 10.2 Å². The summed E-state index contributed by atoms with van der Waals surface area (Å²) in [5, 5.41) is 14.5. The van der Waals surface area contributed by atoms with E-state index in [2.05, 4.69) is 25.7 Å². The fraction of sp³-hybridized carbons (Fsp3) is 0.619. The number of hydrogen-bond donors (Lipinski definition) is 1. The summed E-state index contributed by atoms with van der Waals surface area (Å²) >= 11 is 0. The molecule has 0 bridgehead atoms. The van der Waals surface area contributed by atoms with Crippen LogP contribution >= 0.6 is 0 Å². The van der Waals surface area contributed by atoms with Crippen LogP contribution in [-0.2, 0) is 0 Å². The Hall–Kier alpha value is -2.28. The zero-order valence-corrected chi connectivity index (χ0v) is 16.7. The molecule has 7 heteroatoms. The minimum Gasteiger partial charge on any atom is -0.349 e. The fourth-order valence-electron chi connectivity index (χ4n) is 4.59. The van der Waals surface area contributed by atoms with E-state index in [0.717, 1.165) is 43.1 Å². The first-order chi connectivity index (χ1) is 13.7. The highest BCUT2D eigenvalue weighted by Crippen LogP contribution is 2.25. The van der Waals surface area contributed by atoms with Crippen molar-refractivity contribution in [2.75, 3.05) is 19.6 Å². The van der Waals surface area contributed by atoms with Gasteiger partial charge in [-0.2, -0.15) is 0 Å². The Balaban J connectivity index is 1.28. The van der Waals surface area contributed by atoms with E-state index in [-0.39, 0.29) is 11.9 Å². The van der Waals surface area contributed by atoms with Crippen molar-refractivity contribution in [1.82, 2.24) is 30.4 Å². The quantitative estimate of drug-likeness (QED) is 0.860. The third kappa shape index (κ3) is 4.58. The Morgan fingerprint density at radius 3 is 2.61 bits per heavy atom. The van der Waals surface area contributed by atoms with Gasteiger partial charge in [0.25, 0.3) is 5.91 Å². The number of tetrazole rings is 1. The van der Waals surface area contributed by atoms with E-state index >= 15 is 0 Å². The number of rotatable bonds is 5. The van der Waals surface area contributed by atoms with Crippen molar-refractivity contribution < 1.29 is 4.79 Å². The lowest BCUT2D eigenvalue weighted by Gasteiger charge is -2.35. The van der Waals surface area contributed by atoms with Gasteiger partial charge in [0.1, 0.15) is 6.33 Å². The molecule has 7 nitrogen and oxygen atoms in total. The van der Waals surface area contributed by atoms with Crippen LogP contribution in [0, 0.1) is 12.8 Å². The zero-order valence-electron chi connectivity index (χ0n) is 16.7. The topological polar surface area (TPSA) is 75.9 Å². The van der Waals surface area contributed by atoms with E-state index in [9.17, 15) is 4.79 Å². The molecule has 0 radical (unpaired) electrons. The first-order valence-corrected chi connectivity index (χ1v) is 10.6. The summed E-state index contributed by atoms with van der Waals surface area (Å²) in [7, 11) is 0. The molecule has 2 aliphatic rings. The summed E-state index contributed by atoms with van der Waals surface area (Å²) < 4.78 is 1.61. The van der Waals surface area contributed by atoms with Crippen LogP contribution in [0.25, 0.3) is 5.69 Å². The van der Waals surface area contributed by atoms with Gasteiger partial charge >= 0.3 is 0 Å². The van der Waals surface area contributed by atoms with Crippen molar-refractivity contribution in [2.24, 2.45) is 5.92 Å². The molecule has 1 aromatic carbocycles. The Morgan fingerprint density at radius 2 is 1.93 bits per heavy atom. The second-order valence-electron chi connectivity index (χ2n) is 8.31. The molecular formula is C21H30N6O. The average molecular weight is 383 g/mol. The normalized spacial score (nSPS) is 19.6. The van der Waals surface area contributed by atoms with Gasteiger partial charge in [-0.3, -0.25) is 4.79 Å². The predicted molar refractivity (Wildman–Crippen MR) is 107 cm³/mol. The van der Waals surface area contributed by atoms with Crippen molar-refractivity contribution in [3.63, 3.8) is 0 Å². The SMILES string of the molecule is Cc1cc(C(=O)NC2CCN(CC3CCCCC3)CC2)ccc1-n1cnnn1. The fourth-order valence-corrected chi connectivity index (χ4v) is 4.59. The van der Waals surface area contributed by atoms with Crippen LogP contribution in [0.3, 0.4) is 0 Å². The number of hydrogen-bond acceptors (Lipinski definition) is 5. The molecule has 2 fully saturated rings. The van der Waals surface area contributed by atoms with E-state index in [0.29, 0.717) is 5.56 Å². The van der Waals surface area contributed by atoms with E-state index in [4.69, 9.17) is 0 Å². The molecule has 1 saturated carbocycles. The Kier molecular flexibility index (Phi) is 6.00. The van der Waals surface area contributed by atoms with E-state index in [1.165, 1.54) is 38.6 Å². The molecule has 1 saturated heterocycles. The Bertz CT molecular complexity index is 776. The molecule has 0 unspecified atom stereocenters. The number of aryl methyl sites for hydroxylation is 1. The standard InChI is InChI=1S/C21H30N6O/c1-16-13-18(7-8-20(16)27-15-22-24-25-27)21(28)23-19-9-11-26(12-10-19)14-17-5-3-2-4-6-17/h7-8,13,15,17,19H,2-6,9-12,14H2,1H3,(H,23,28). The van der Waals surface area contributed by atoms with Crippen LogP contribution in [0.1, 0.15) is 60.9 Å². The lowest BCUT2D eigenvalue weighted by atomic mass is 9.88. The number of nitrogens with zero attached hydrogens (tertiary/aromatic N) is 5. The molecular weight excluding hydrogens is 352 g/mol. The first-order valence-electron chi connectivity index (χ1n) is 10.6. The van der Waals surface area contributed by atoms with Gasteiger partial charge in [-0.15, -0.1) is 5.10 Å².